The second-order valence-electron chi connectivity index (χ2n) is 16.6. The number of nitrogens with one attached hydrogen (secondary N) is 3. The van der Waals surface area contributed by atoms with Gasteiger partial charge in [0.2, 0.25) is 23.6 Å². The minimum atomic E-state index is -0.842. The van der Waals surface area contributed by atoms with Crippen LogP contribution >= 0.6 is 0 Å². The van der Waals surface area contributed by atoms with Crippen molar-refractivity contribution in [2.24, 2.45) is 17.8 Å². The number of hydrogen-bond donors (Lipinski definition) is 3. The summed E-state index contributed by atoms with van der Waals surface area (Å²) in [5.41, 5.74) is 0.910. The quantitative estimate of drug-likeness (QED) is 0.178. The second-order valence-corrected chi connectivity index (χ2v) is 16.6. The van der Waals surface area contributed by atoms with Crippen LogP contribution in [0.25, 0.3) is 0 Å². The van der Waals surface area contributed by atoms with E-state index in [1.807, 2.05) is 58.0 Å². The average Bonchev–Trinajstić information content (AvgIpc) is 3.72. The third-order valence-electron chi connectivity index (χ3n) is 12.3. The highest BCUT2D eigenvalue weighted by Crippen LogP contribution is 2.29. The Morgan fingerprint density at radius 2 is 1.64 bits per heavy atom. The van der Waals surface area contributed by atoms with Gasteiger partial charge in [-0.1, -0.05) is 71.4 Å². The molecule has 3 fully saturated rings. The van der Waals surface area contributed by atoms with Crippen molar-refractivity contribution < 1.29 is 38.3 Å². The Bertz CT molecular complexity index is 1470. The molecule has 58 heavy (non-hydrogen) atoms. The summed E-state index contributed by atoms with van der Waals surface area (Å²) in [4.78, 5) is 80.3. The molecule has 3 aliphatic heterocycles. The molecule has 8 unspecified atom stereocenters. The number of amides is 5. The maximum absolute atomic E-state index is 14.3. The van der Waals surface area contributed by atoms with E-state index in [4.69, 9.17) is 14.3 Å². The lowest BCUT2D eigenvalue weighted by atomic mass is 9.90. The first-order valence-electron chi connectivity index (χ1n) is 21.4. The summed E-state index contributed by atoms with van der Waals surface area (Å²) < 4.78 is 12.0. The summed E-state index contributed by atoms with van der Waals surface area (Å²) in [5.74, 6) is -1.84. The highest BCUT2D eigenvalue weighted by Gasteiger charge is 2.43. The molecule has 0 aromatic heterocycles. The molecular weight excluding hydrogens is 743 g/mol. The molecule has 3 N–H and O–H groups in total. The third kappa shape index (κ3) is 12.4. The first-order valence-corrected chi connectivity index (χ1v) is 21.4. The van der Waals surface area contributed by atoms with Crippen molar-refractivity contribution in [1.82, 2.24) is 35.7 Å². The number of hydroxylamine groups is 2. The van der Waals surface area contributed by atoms with Gasteiger partial charge in [0, 0.05) is 67.0 Å². The monoisotopic (exact) mass is 814 g/mol. The maximum Gasteiger partial charge on any atom is 0.269 e. The molecule has 0 spiro atoms. The van der Waals surface area contributed by atoms with Crippen LogP contribution in [-0.2, 0) is 44.7 Å². The standard InChI is InChI=1S/C43H71N7O8/c1-9-30(4)39(47(6)37(52)28-45-42(54)38(29(2)3)48-23-19-44-20-24-48)35(56-7)27-36(51)49-21-15-18-34(49)40(57-8)31(5)41(53)46-33(26-32-16-11-10-12-17-32)43(55)50-22-13-14-25-58-50/h10-12,16-17,29-31,33-35,38-40,44H,9,13-15,18-28H2,1-8H3,(H,45,54)(H,46,53). The fourth-order valence-electron chi connectivity index (χ4n) is 8.87. The highest BCUT2D eigenvalue weighted by molar-refractivity contribution is 5.89. The van der Waals surface area contributed by atoms with Crippen LogP contribution in [-0.4, -0.2) is 159 Å². The molecule has 1 aromatic rings. The third-order valence-corrected chi connectivity index (χ3v) is 12.3. The van der Waals surface area contributed by atoms with Gasteiger partial charge in [0.25, 0.3) is 5.91 Å². The van der Waals surface area contributed by atoms with E-state index in [-0.39, 0.29) is 66.4 Å². The number of methoxy groups -OCH3 is 2. The highest BCUT2D eigenvalue weighted by atomic mass is 16.7. The molecule has 0 radical (unpaired) electrons. The molecule has 15 heteroatoms. The van der Waals surface area contributed by atoms with Crippen LogP contribution < -0.4 is 16.0 Å². The number of rotatable bonds is 20. The summed E-state index contributed by atoms with van der Waals surface area (Å²) in [6, 6.07) is 7.56. The molecule has 3 aliphatic rings. The molecule has 1 aromatic carbocycles. The molecule has 8 atom stereocenters. The minimum absolute atomic E-state index is 0.0154. The van der Waals surface area contributed by atoms with E-state index in [0.717, 1.165) is 57.4 Å². The molecule has 0 aliphatic carbocycles. The first-order chi connectivity index (χ1) is 27.8. The molecule has 0 saturated carbocycles. The van der Waals surface area contributed by atoms with E-state index < -0.39 is 30.2 Å². The van der Waals surface area contributed by atoms with Crippen LogP contribution in [0.1, 0.15) is 78.7 Å². The van der Waals surface area contributed by atoms with Crippen molar-refractivity contribution in [2.45, 2.75) is 116 Å². The fourth-order valence-corrected chi connectivity index (χ4v) is 8.87. The van der Waals surface area contributed by atoms with Crippen LogP contribution in [0.4, 0.5) is 0 Å². The van der Waals surface area contributed by atoms with Gasteiger partial charge >= 0.3 is 0 Å². The molecular formula is C43H71N7O8. The molecule has 3 heterocycles. The second kappa shape index (κ2) is 23.2. The number of benzene rings is 1. The predicted molar refractivity (Wildman–Crippen MR) is 221 cm³/mol. The van der Waals surface area contributed by atoms with E-state index in [9.17, 15) is 24.0 Å². The molecule has 0 bridgehead atoms. The zero-order chi connectivity index (χ0) is 42.4. The predicted octanol–water partition coefficient (Wildman–Crippen LogP) is 2.23. The van der Waals surface area contributed by atoms with E-state index >= 15 is 0 Å². The van der Waals surface area contributed by atoms with Crippen molar-refractivity contribution in [3.63, 3.8) is 0 Å². The molecule has 326 valence electrons. The summed E-state index contributed by atoms with van der Waals surface area (Å²) in [6.07, 6.45) is 2.88. The van der Waals surface area contributed by atoms with Gasteiger partial charge in [-0.3, -0.25) is 33.7 Å². The molecule has 5 amide bonds. The van der Waals surface area contributed by atoms with Crippen LogP contribution in [0, 0.1) is 17.8 Å². The lowest BCUT2D eigenvalue weighted by Crippen LogP contribution is -2.57. The lowest BCUT2D eigenvalue weighted by molar-refractivity contribution is -0.199. The Balaban J connectivity index is 1.43. The minimum Gasteiger partial charge on any atom is -0.379 e. The lowest BCUT2D eigenvalue weighted by Gasteiger charge is -2.39. The smallest absolute Gasteiger partial charge is 0.269 e. The van der Waals surface area contributed by atoms with E-state index in [1.54, 1.807) is 38.0 Å². The number of carbonyl (C=O) groups excluding carboxylic acids is 5. The Kier molecular flexibility index (Phi) is 18.8. The van der Waals surface area contributed by atoms with Gasteiger partial charge < -0.3 is 35.2 Å². The number of hydrogen-bond acceptors (Lipinski definition) is 10. The average molecular weight is 814 g/mol. The summed E-state index contributed by atoms with van der Waals surface area (Å²) in [6.45, 7) is 14.3. The Morgan fingerprint density at radius 1 is 0.931 bits per heavy atom. The molecule has 4 rings (SSSR count). The van der Waals surface area contributed by atoms with Crippen molar-refractivity contribution in [3.05, 3.63) is 35.9 Å². The van der Waals surface area contributed by atoms with Crippen LogP contribution in [0.5, 0.6) is 0 Å². The van der Waals surface area contributed by atoms with Crippen LogP contribution in [0.15, 0.2) is 30.3 Å². The van der Waals surface area contributed by atoms with Crippen molar-refractivity contribution in [2.75, 3.05) is 73.7 Å². The number of nitrogens with zero attached hydrogens (tertiary/aromatic N) is 4. The van der Waals surface area contributed by atoms with E-state index in [2.05, 4.69) is 20.9 Å². The van der Waals surface area contributed by atoms with E-state index in [1.165, 1.54) is 5.06 Å². The number of carbonyl (C=O) groups is 5. The van der Waals surface area contributed by atoms with Gasteiger partial charge in [-0.2, -0.15) is 0 Å². The Labute approximate surface area is 346 Å². The summed E-state index contributed by atoms with van der Waals surface area (Å²) >= 11 is 0. The molecule has 3 saturated heterocycles. The fraction of sp³-hybridized carbons (Fsp3) is 0.744. The van der Waals surface area contributed by atoms with Gasteiger partial charge in [-0.15, -0.1) is 0 Å². The maximum atomic E-state index is 14.3. The normalized spacial score (nSPS) is 21.4. The van der Waals surface area contributed by atoms with E-state index in [0.29, 0.717) is 32.5 Å². The van der Waals surface area contributed by atoms with Gasteiger partial charge in [-0.25, -0.2) is 5.06 Å². The van der Waals surface area contributed by atoms with Crippen LogP contribution in [0.2, 0.25) is 0 Å². The SMILES string of the molecule is CCC(C)C(C(CC(=O)N1CCCC1C(OC)C(C)C(=O)NC(Cc1ccccc1)C(=O)N1CCCCO1)OC)N(C)C(=O)CNC(=O)C(C(C)C)N1CCNCC1. The number of likely N-dealkylation sites (N-methyl/N-ethyl adjacent to an activating group) is 1. The zero-order valence-corrected chi connectivity index (χ0v) is 36.2. The Morgan fingerprint density at radius 3 is 2.24 bits per heavy atom. The van der Waals surface area contributed by atoms with Crippen LogP contribution in [0.3, 0.4) is 0 Å². The van der Waals surface area contributed by atoms with Gasteiger partial charge in [0.15, 0.2) is 0 Å². The zero-order valence-electron chi connectivity index (χ0n) is 36.2. The van der Waals surface area contributed by atoms with Gasteiger partial charge in [0.05, 0.1) is 55.8 Å². The van der Waals surface area contributed by atoms with Gasteiger partial charge in [0.1, 0.15) is 6.04 Å². The van der Waals surface area contributed by atoms with Crippen molar-refractivity contribution in [1.29, 1.82) is 0 Å². The topological polar surface area (TPSA) is 162 Å². The van der Waals surface area contributed by atoms with Crippen molar-refractivity contribution in [3.8, 4) is 0 Å². The Hall–Kier alpha value is -3.63. The molecule has 15 nitrogen and oxygen atoms in total. The number of likely N-dealkylation sites (tertiary alicyclic amines) is 1. The summed E-state index contributed by atoms with van der Waals surface area (Å²) in [7, 11) is 4.82. The summed E-state index contributed by atoms with van der Waals surface area (Å²) in [5, 5.41) is 10.6. The largest absolute Gasteiger partial charge is 0.379 e. The number of ether oxygens (including phenoxy) is 2. The number of piperazine rings is 1. The first kappa shape index (κ1) is 47.1. The van der Waals surface area contributed by atoms with Crippen molar-refractivity contribution >= 4 is 29.5 Å². The van der Waals surface area contributed by atoms with Gasteiger partial charge in [-0.05, 0) is 43.1 Å².